The first-order chi connectivity index (χ1) is 14.7. The van der Waals surface area contributed by atoms with Gasteiger partial charge in [-0.1, -0.05) is 29.3 Å². The zero-order chi connectivity index (χ0) is 22.6. The van der Waals surface area contributed by atoms with Crippen LogP contribution in [0.25, 0.3) is 0 Å². The molecular weight excluding hydrogens is 440 g/mol. The second-order valence-electron chi connectivity index (χ2n) is 6.64. The molecule has 0 radical (unpaired) electrons. The number of halogens is 1. The summed E-state index contributed by atoms with van der Waals surface area (Å²) in [7, 11) is -1.01. The van der Waals surface area contributed by atoms with Crippen molar-refractivity contribution in [1.82, 2.24) is 0 Å². The molecule has 0 atom stereocenters. The van der Waals surface area contributed by atoms with Gasteiger partial charge in [0.2, 0.25) is 0 Å². The molecule has 0 spiro atoms. The number of amides is 1. The monoisotopic (exact) mass is 460 g/mol. The van der Waals surface area contributed by atoms with E-state index >= 15 is 0 Å². The number of hydrogen-bond acceptors (Lipinski definition) is 5. The van der Waals surface area contributed by atoms with Crippen LogP contribution in [0.5, 0.6) is 11.5 Å². The summed E-state index contributed by atoms with van der Waals surface area (Å²) in [4.78, 5) is 12.5. The minimum absolute atomic E-state index is 0.00211. The maximum Gasteiger partial charge on any atom is 0.263 e. The van der Waals surface area contributed by atoms with Gasteiger partial charge in [0.05, 0.1) is 19.2 Å². The van der Waals surface area contributed by atoms with E-state index in [4.69, 9.17) is 21.1 Å². The van der Waals surface area contributed by atoms with E-state index < -0.39 is 15.9 Å². The highest BCUT2D eigenvalue weighted by atomic mass is 35.5. The standard InChI is InChI=1S/C22H21ClN2O5S/c1-14-4-7-16(8-5-14)25-31(27,28)21-12-15(6-10-18(21)23)22(26)24-17-9-11-19(29-2)20(13-17)30-3/h4-13,25H,1-3H3,(H,24,26). The third kappa shape index (κ3) is 5.28. The van der Waals surface area contributed by atoms with Gasteiger partial charge in [0.1, 0.15) is 4.90 Å². The number of rotatable bonds is 7. The van der Waals surface area contributed by atoms with Crippen molar-refractivity contribution in [1.29, 1.82) is 0 Å². The Morgan fingerprint density at radius 2 is 1.52 bits per heavy atom. The number of anilines is 2. The van der Waals surface area contributed by atoms with Gasteiger partial charge >= 0.3 is 0 Å². The molecule has 0 aliphatic carbocycles. The topological polar surface area (TPSA) is 93.7 Å². The Morgan fingerprint density at radius 1 is 0.871 bits per heavy atom. The summed E-state index contributed by atoms with van der Waals surface area (Å²) in [5, 5.41) is 2.71. The molecule has 162 valence electrons. The lowest BCUT2D eigenvalue weighted by molar-refractivity contribution is 0.102. The van der Waals surface area contributed by atoms with Gasteiger partial charge in [-0.3, -0.25) is 9.52 Å². The van der Waals surface area contributed by atoms with Crippen molar-refractivity contribution < 1.29 is 22.7 Å². The lowest BCUT2D eigenvalue weighted by Gasteiger charge is -2.13. The molecule has 0 saturated carbocycles. The Kier molecular flexibility index (Phi) is 6.72. The van der Waals surface area contributed by atoms with Crippen molar-refractivity contribution in [3.63, 3.8) is 0 Å². The SMILES string of the molecule is COc1ccc(NC(=O)c2ccc(Cl)c(S(=O)(=O)Nc3ccc(C)cc3)c2)cc1OC. The molecule has 0 aliphatic rings. The number of aryl methyl sites for hydroxylation is 1. The second-order valence-corrected chi connectivity index (χ2v) is 8.70. The largest absolute Gasteiger partial charge is 0.493 e. The van der Waals surface area contributed by atoms with Gasteiger partial charge in [0.15, 0.2) is 11.5 Å². The number of sulfonamides is 1. The lowest BCUT2D eigenvalue weighted by Crippen LogP contribution is -2.16. The van der Waals surface area contributed by atoms with Gasteiger partial charge in [-0.05, 0) is 49.4 Å². The molecule has 0 aliphatic heterocycles. The van der Waals surface area contributed by atoms with Crippen LogP contribution in [-0.4, -0.2) is 28.5 Å². The van der Waals surface area contributed by atoms with E-state index in [0.717, 1.165) is 5.56 Å². The van der Waals surface area contributed by atoms with Gasteiger partial charge in [-0.2, -0.15) is 0 Å². The van der Waals surface area contributed by atoms with Crippen molar-refractivity contribution in [2.45, 2.75) is 11.8 Å². The third-order valence-electron chi connectivity index (χ3n) is 4.43. The number of nitrogens with one attached hydrogen (secondary N) is 2. The summed E-state index contributed by atoms with van der Waals surface area (Å²) >= 11 is 6.13. The summed E-state index contributed by atoms with van der Waals surface area (Å²) < 4.78 is 38.5. The first-order valence-electron chi connectivity index (χ1n) is 9.16. The van der Waals surface area contributed by atoms with Crippen molar-refractivity contribution in [3.05, 3.63) is 76.8 Å². The minimum atomic E-state index is -4.00. The summed E-state index contributed by atoms with van der Waals surface area (Å²) in [6.07, 6.45) is 0. The van der Waals surface area contributed by atoms with Crippen molar-refractivity contribution >= 4 is 38.9 Å². The molecule has 3 aromatic rings. The Bertz CT molecular complexity index is 1210. The molecule has 3 rings (SSSR count). The summed E-state index contributed by atoms with van der Waals surface area (Å²) in [5.41, 5.74) is 1.97. The van der Waals surface area contributed by atoms with E-state index in [2.05, 4.69) is 10.0 Å². The van der Waals surface area contributed by atoms with E-state index in [1.165, 1.54) is 32.4 Å². The van der Waals surface area contributed by atoms with Gasteiger partial charge in [0.25, 0.3) is 15.9 Å². The third-order valence-corrected chi connectivity index (χ3v) is 6.29. The first-order valence-corrected chi connectivity index (χ1v) is 11.0. The molecule has 0 heterocycles. The normalized spacial score (nSPS) is 11.0. The highest BCUT2D eigenvalue weighted by Gasteiger charge is 2.21. The highest BCUT2D eigenvalue weighted by Crippen LogP contribution is 2.30. The molecule has 0 fully saturated rings. The predicted molar refractivity (Wildman–Crippen MR) is 121 cm³/mol. The smallest absolute Gasteiger partial charge is 0.263 e. The Hall–Kier alpha value is -3.23. The molecule has 9 heteroatoms. The average Bonchev–Trinajstić information content (AvgIpc) is 2.75. The van der Waals surface area contributed by atoms with Crippen LogP contribution < -0.4 is 19.5 Å². The number of ether oxygens (including phenoxy) is 2. The zero-order valence-electron chi connectivity index (χ0n) is 17.1. The Morgan fingerprint density at radius 3 is 2.16 bits per heavy atom. The maximum absolute atomic E-state index is 12.8. The van der Waals surface area contributed by atoms with Crippen LogP contribution in [0.4, 0.5) is 11.4 Å². The lowest BCUT2D eigenvalue weighted by atomic mass is 10.2. The van der Waals surface area contributed by atoms with E-state index in [0.29, 0.717) is 22.9 Å². The van der Waals surface area contributed by atoms with Crippen LogP contribution >= 0.6 is 11.6 Å². The number of methoxy groups -OCH3 is 2. The fraction of sp³-hybridized carbons (Fsp3) is 0.136. The van der Waals surface area contributed by atoms with Crippen LogP contribution in [0.1, 0.15) is 15.9 Å². The van der Waals surface area contributed by atoms with Gasteiger partial charge in [-0.25, -0.2) is 8.42 Å². The molecular formula is C22H21ClN2O5S. The highest BCUT2D eigenvalue weighted by molar-refractivity contribution is 7.92. The summed E-state index contributed by atoms with van der Waals surface area (Å²) in [6.45, 7) is 1.90. The predicted octanol–water partition coefficient (Wildman–Crippen LogP) is 4.72. The van der Waals surface area contributed by atoms with Crippen molar-refractivity contribution in [3.8, 4) is 11.5 Å². The zero-order valence-corrected chi connectivity index (χ0v) is 18.7. The van der Waals surface area contributed by atoms with Crippen LogP contribution in [0.2, 0.25) is 5.02 Å². The number of carbonyl (C=O) groups is 1. The molecule has 0 aromatic heterocycles. The van der Waals surface area contributed by atoms with E-state index in [9.17, 15) is 13.2 Å². The number of carbonyl (C=O) groups excluding carboxylic acids is 1. The molecule has 0 saturated heterocycles. The first kappa shape index (κ1) is 22.5. The Balaban J connectivity index is 1.86. The molecule has 7 nitrogen and oxygen atoms in total. The quantitative estimate of drug-likeness (QED) is 0.532. The fourth-order valence-electron chi connectivity index (χ4n) is 2.80. The summed E-state index contributed by atoms with van der Waals surface area (Å²) in [5.74, 6) is 0.459. The fourth-order valence-corrected chi connectivity index (χ4v) is 4.38. The Labute approximate surface area is 186 Å². The van der Waals surface area contributed by atoms with Gasteiger partial charge < -0.3 is 14.8 Å². The van der Waals surface area contributed by atoms with Crippen molar-refractivity contribution in [2.75, 3.05) is 24.3 Å². The van der Waals surface area contributed by atoms with Crippen LogP contribution in [0.3, 0.4) is 0 Å². The van der Waals surface area contributed by atoms with E-state index in [1.54, 1.807) is 42.5 Å². The van der Waals surface area contributed by atoms with E-state index in [-0.39, 0.29) is 15.5 Å². The van der Waals surface area contributed by atoms with E-state index in [1.807, 2.05) is 6.92 Å². The van der Waals surface area contributed by atoms with Crippen LogP contribution in [0.15, 0.2) is 65.6 Å². The molecule has 0 unspecified atom stereocenters. The maximum atomic E-state index is 12.8. The van der Waals surface area contributed by atoms with Crippen LogP contribution in [-0.2, 0) is 10.0 Å². The van der Waals surface area contributed by atoms with Gasteiger partial charge in [-0.15, -0.1) is 0 Å². The minimum Gasteiger partial charge on any atom is -0.493 e. The molecule has 1 amide bonds. The molecule has 3 aromatic carbocycles. The van der Waals surface area contributed by atoms with Gasteiger partial charge in [0, 0.05) is 23.0 Å². The molecule has 2 N–H and O–H groups in total. The van der Waals surface area contributed by atoms with Crippen molar-refractivity contribution in [2.24, 2.45) is 0 Å². The molecule has 0 bridgehead atoms. The second kappa shape index (κ2) is 9.28. The van der Waals surface area contributed by atoms with Crippen LogP contribution in [0, 0.1) is 6.92 Å². The molecule has 31 heavy (non-hydrogen) atoms. The summed E-state index contributed by atoms with van der Waals surface area (Å²) in [6, 6.07) is 15.8. The average molecular weight is 461 g/mol. The number of benzene rings is 3. The number of hydrogen-bond donors (Lipinski definition) is 2.